The van der Waals surface area contributed by atoms with E-state index in [0.29, 0.717) is 13.2 Å². The molecule has 0 aliphatic rings. The molecule has 0 bridgehead atoms. The van der Waals surface area contributed by atoms with Crippen molar-refractivity contribution in [2.45, 2.75) is 25.9 Å². The van der Waals surface area contributed by atoms with Crippen LogP contribution in [0.1, 0.15) is 31.0 Å². The lowest BCUT2D eigenvalue weighted by atomic mass is 10.0. The monoisotopic (exact) mass is 349 g/mol. The normalized spacial score (nSPS) is 13.5. The molecule has 0 fully saturated rings. The molecule has 0 amide bonds. The Labute approximate surface area is 156 Å². The van der Waals surface area contributed by atoms with E-state index < -0.39 is 6.04 Å². The molecule has 0 N–H and O–H groups in total. The molecule has 3 heteroatoms. The molecule has 3 nitrogen and oxygen atoms in total. The molecule has 0 spiro atoms. The van der Waals surface area contributed by atoms with Gasteiger partial charge in [-0.1, -0.05) is 78.9 Å². The lowest BCUT2D eigenvalue weighted by Gasteiger charge is -2.33. The van der Waals surface area contributed by atoms with E-state index in [9.17, 15) is 4.79 Å². The second-order valence-electron chi connectivity index (χ2n) is 6.04. The third-order valence-electron chi connectivity index (χ3n) is 4.28. The van der Waals surface area contributed by atoms with Crippen molar-refractivity contribution in [3.05, 3.63) is 90.5 Å². The van der Waals surface area contributed by atoms with Crippen molar-refractivity contribution < 1.29 is 9.53 Å². The van der Waals surface area contributed by atoms with Crippen LogP contribution in [0.25, 0.3) is 6.08 Å². The van der Waals surface area contributed by atoms with Gasteiger partial charge in [-0.3, -0.25) is 9.69 Å². The summed E-state index contributed by atoms with van der Waals surface area (Å²) in [6.07, 6.45) is 5.70. The molecule has 0 heterocycles. The van der Waals surface area contributed by atoms with Gasteiger partial charge in [0.1, 0.15) is 6.04 Å². The SMILES string of the molecule is C=CCN([C@H](/C=C/c1ccccc1)C(=O)OCC)[C@@H](C)c1ccccc1. The van der Waals surface area contributed by atoms with Crippen molar-refractivity contribution >= 4 is 12.0 Å². The molecule has 2 atom stereocenters. The number of esters is 1. The van der Waals surface area contributed by atoms with Gasteiger partial charge in [-0.15, -0.1) is 6.58 Å². The topological polar surface area (TPSA) is 29.5 Å². The number of ether oxygens (including phenoxy) is 1. The number of carbonyl (C=O) groups excluding carboxylic acids is 1. The minimum atomic E-state index is -0.483. The average Bonchev–Trinajstić information content (AvgIpc) is 2.68. The zero-order valence-corrected chi connectivity index (χ0v) is 15.5. The summed E-state index contributed by atoms with van der Waals surface area (Å²) >= 11 is 0. The summed E-state index contributed by atoms with van der Waals surface area (Å²) in [6, 6.07) is 19.7. The van der Waals surface area contributed by atoms with Crippen LogP contribution in [0.2, 0.25) is 0 Å². The second kappa shape index (κ2) is 10.4. The maximum Gasteiger partial charge on any atom is 0.327 e. The van der Waals surface area contributed by atoms with Crippen molar-refractivity contribution in [2.75, 3.05) is 13.2 Å². The van der Waals surface area contributed by atoms with Crippen LogP contribution in [0, 0.1) is 0 Å². The van der Waals surface area contributed by atoms with Crippen LogP contribution < -0.4 is 0 Å². The first kappa shape index (κ1) is 19.7. The molecule has 0 aliphatic heterocycles. The number of carbonyl (C=O) groups is 1. The standard InChI is InChI=1S/C23H27NO2/c1-4-18-24(19(3)21-14-10-7-11-15-21)22(23(25)26-5-2)17-16-20-12-8-6-9-13-20/h4,6-17,19,22H,1,5,18H2,2-3H3/b17-16+/t19-,22+/m0/s1. The number of benzene rings is 2. The van der Waals surface area contributed by atoms with Crippen LogP contribution >= 0.6 is 0 Å². The number of hydrogen-bond donors (Lipinski definition) is 0. The van der Waals surface area contributed by atoms with Crippen LogP contribution in [0.5, 0.6) is 0 Å². The van der Waals surface area contributed by atoms with Crippen LogP contribution in [-0.4, -0.2) is 30.1 Å². The van der Waals surface area contributed by atoms with Crippen LogP contribution in [0.15, 0.2) is 79.4 Å². The van der Waals surface area contributed by atoms with Gasteiger partial charge in [0.2, 0.25) is 0 Å². The molecule has 2 aromatic carbocycles. The molecule has 0 aromatic heterocycles. The Morgan fingerprint density at radius 1 is 1.12 bits per heavy atom. The first-order valence-electron chi connectivity index (χ1n) is 8.98. The van der Waals surface area contributed by atoms with E-state index in [0.717, 1.165) is 11.1 Å². The van der Waals surface area contributed by atoms with E-state index in [2.05, 4.69) is 30.5 Å². The molecule has 0 radical (unpaired) electrons. The Morgan fingerprint density at radius 3 is 2.31 bits per heavy atom. The summed E-state index contributed by atoms with van der Waals surface area (Å²) in [5.41, 5.74) is 2.20. The Balaban J connectivity index is 2.33. The van der Waals surface area contributed by atoms with E-state index >= 15 is 0 Å². The zero-order valence-electron chi connectivity index (χ0n) is 15.5. The highest BCUT2D eigenvalue weighted by Gasteiger charge is 2.28. The van der Waals surface area contributed by atoms with Gasteiger partial charge in [0.15, 0.2) is 0 Å². The number of rotatable bonds is 9. The van der Waals surface area contributed by atoms with E-state index in [1.54, 1.807) is 0 Å². The minimum Gasteiger partial charge on any atom is -0.465 e. The molecule has 136 valence electrons. The molecule has 0 saturated heterocycles. The average molecular weight is 349 g/mol. The summed E-state index contributed by atoms with van der Waals surface area (Å²) in [5.74, 6) is -0.246. The molecular weight excluding hydrogens is 322 g/mol. The van der Waals surface area contributed by atoms with Gasteiger partial charge in [-0.2, -0.15) is 0 Å². The summed E-state index contributed by atoms with van der Waals surface area (Å²) in [4.78, 5) is 14.8. The smallest absolute Gasteiger partial charge is 0.327 e. The fourth-order valence-corrected chi connectivity index (χ4v) is 2.90. The Bertz CT molecular complexity index is 710. The zero-order chi connectivity index (χ0) is 18.8. The van der Waals surface area contributed by atoms with E-state index in [-0.39, 0.29) is 12.0 Å². The molecule has 0 unspecified atom stereocenters. The Hall–Kier alpha value is -2.65. The fourth-order valence-electron chi connectivity index (χ4n) is 2.90. The van der Waals surface area contributed by atoms with Crippen LogP contribution in [0.3, 0.4) is 0 Å². The molecule has 26 heavy (non-hydrogen) atoms. The molecule has 0 aliphatic carbocycles. The third-order valence-corrected chi connectivity index (χ3v) is 4.28. The van der Waals surface area contributed by atoms with Crippen molar-refractivity contribution in [3.63, 3.8) is 0 Å². The third kappa shape index (κ3) is 5.43. The summed E-state index contributed by atoms with van der Waals surface area (Å²) < 4.78 is 5.34. The van der Waals surface area contributed by atoms with Gasteiger partial charge < -0.3 is 4.74 Å². The van der Waals surface area contributed by atoms with Gasteiger partial charge in [0.05, 0.1) is 6.61 Å². The summed E-state index contributed by atoms with van der Waals surface area (Å²) in [5, 5.41) is 0. The fraction of sp³-hybridized carbons (Fsp3) is 0.261. The van der Waals surface area contributed by atoms with Gasteiger partial charge in [0, 0.05) is 12.6 Å². The summed E-state index contributed by atoms with van der Waals surface area (Å²) in [7, 11) is 0. The van der Waals surface area contributed by atoms with Gasteiger partial charge in [0.25, 0.3) is 0 Å². The maximum absolute atomic E-state index is 12.7. The quantitative estimate of drug-likeness (QED) is 0.477. The van der Waals surface area contributed by atoms with Crippen molar-refractivity contribution in [2.24, 2.45) is 0 Å². The highest BCUT2D eigenvalue weighted by Crippen LogP contribution is 2.24. The molecule has 0 saturated carbocycles. The van der Waals surface area contributed by atoms with Crippen molar-refractivity contribution in [3.8, 4) is 0 Å². The highest BCUT2D eigenvalue weighted by molar-refractivity contribution is 5.79. The second-order valence-corrected chi connectivity index (χ2v) is 6.04. The predicted molar refractivity (Wildman–Crippen MR) is 108 cm³/mol. The maximum atomic E-state index is 12.7. The first-order chi connectivity index (χ1) is 12.7. The minimum absolute atomic E-state index is 0.0454. The van der Waals surface area contributed by atoms with Crippen LogP contribution in [-0.2, 0) is 9.53 Å². The molecular formula is C23H27NO2. The largest absolute Gasteiger partial charge is 0.465 e. The van der Waals surface area contributed by atoms with E-state index in [1.807, 2.05) is 73.7 Å². The Morgan fingerprint density at radius 2 is 1.73 bits per heavy atom. The number of nitrogens with zero attached hydrogens (tertiary/aromatic N) is 1. The first-order valence-corrected chi connectivity index (χ1v) is 8.98. The summed E-state index contributed by atoms with van der Waals surface area (Å²) in [6.45, 7) is 8.73. The van der Waals surface area contributed by atoms with Crippen LogP contribution in [0.4, 0.5) is 0 Å². The van der Waals surface area contributed by atoms with E-state index in [1.165, 1.54) is 0 Å². The molecule has 2 aromatic rings. The van der Waals surface area contributed by atoms with Gasteiger partial charge >= 0.3 is 5.97 Å². The highest BCUT2D eigenvalue weighted by atomic mass is 16.5. The van der Waals surface area contributed by atoms with Crippen molar-refractivity contribution in [1.82, 2.24) is 4.90 Å². The lowest BCUT2D eigenvalue weighted by Crippen LogP contribution is -2.42. The van der Waals surface area contributed by atoms with Gasteiger partial charge in [-0.25, -0.2) is 0 Å². The molecule has 2 rings (SSSR count). The Kier molecular flexibility index (Phi) is 7.84. The van der Waals surface area contributed by atoms with E-state index in [4.69, 9.17) is 4.74 Å². The predicted octanol–water partition coefficient (Wildman–Crippen LogP) is 4.88. The lowest BCUT2D eigenvalue weighted by molar-refractivity contribution is -0.148. The van der Waals surface area contributed by atoms with Crippen molar-refractivity contribution in [1.29, 1.82) is 0 Å². The number of hydrogen-bond acceptors (Lipinski definition) is 3. The van der Waals surface area contributed by atoms with Gasteiger partial charge in [-0.05, 0) is 25.0 Å².